The van der Waals surface area contributed by atoms with E-state index < -0.39 is 5.82 Å². The average molecular weight is 487 g/mol. The van der Waals surface area contributed by atoms with Crippen LogP contribution in [0.5, 0.6) is 5.75 Å². The third kappa shape index (κ3) is 4.54. The Balaban J connectivity index is 1.95. The fourth-order valence-corrected chi connectivity index (χ4v) is 4.27. The molecule has 0 saturated carbocycles. The lowest BCUT2D eigenvalue weighted by Gasteiger charge is -2.15. The average Bonchev–Trinajstić information content (AvgIpc) is 2.90. The standard InChI is InChI=1S/C19H14BrClFNO2S2/c1-2-7-25-16-6-3-12(20)8-11(16)9-17-18(24)23(19(26)27-17)13-4-5-15(22)14(21)10-13/h3-6,8-10H,2,7H2,1H3/b17-9+. The van der Waals surface area contributed by atoms with E-state index in [9.17, 15) is 9.18 Å². The largest absolute Gasteiger partial charge is 0.493 e. The van der Waals surface area contributed by atoms with Crippen LogP contribution in [0.3, 0.4) is 0 Å². The van der Waals surface area contributed by atoms with Gasteiger partial charge >= 0.3 is 0 Å². The quantitative estimate of drug-likeness (QED) is 0.359. The topological polar surface area (TPSA) is 29.5 Å². The highest BCUT2D eigenvalue weighted by Crippen LogP contribution is 2.38. The Kier molecular flexibility index (Phi) is 6.57. The molecule has 1 fully saturated rings. The van der Waals surface area contributed by atoms with Crippen molar-refractivity contribution in [3.63, 3.8) is 0 Å². The number of anilines is 1. The van der Waals surface area contributed by atoms with Crippen molar-refractivity contribution in [2.45, 2.75) is 13.3 Å². The van der Waals surface area contributed by atoms with E-state index in [0.29, 0.717) is 27.3 Å². The lowest BCUT2D eigenvalue weighted by molar-refractivity contribution is -0.113. The zero-order valence-electron chi connectivity index (χ0n) is 14.2. The minimum atomic E-state index is -0.548. The van der Waals surface area contributed by atoms with Gasteiger partial charge in [0.05, 0.1) is 22.2 Å². The number of rotatable bonds is 5. The first kappa shape index (κ1) is 20.3. The molecule has 0 spiro atoms. The Bertz CT molecular complexity index is 951. The zero-order chi connectivity index (χ0) is 19.6. The van der Waals surface area contributed by atoms with Gasteiger partial charge in [0.1, 0.15) is 11.6 Å². The number of carbonyl (C=O) groups excluding carboxylic acids is 1. The molecular weight excluding hydrogens is 473 g/mol. The highest BCUT2D eigenvalue weighted by Gasteiger charge is 2.33. The van der Waals surface area contributed by atoms with Gasteiger partial charge in [0.25, 0.3) is 5.91 Å². The normalized spacial score (nSPS) is 15.7. The zero-order valence-corrected chi connectivity index (χ0v) is 18.1. The molecule has 1 heterocycles. The van der Waals surface area contributed by atoms with Crippen molar-refractivity contribution in [1.82, 2.24) is 0 Å². The maximum Gasteiger partial charge on any atom is 0.270 e. The van der Waals surface area contributed by atoms with Gasteiger partial charge in [-0.05, 0) is 48.9 Å². The van der Waals surface area contributed by atoms with Crippen LogP contribution in [0, 0.1) is 5.82 Å². The van der Waals surface area contributed by atoms with Gasteiger partial charge in [-0.1, -0.05) is 58.4 Å². The van der Waals surface area contributed by atoms with Crippen LogP contribution in [0.1, 0.15) is 18.9 Å². The van der Waals surface area contributed by atoms with Crippen molar-refractivity contribution in [3.8, 4) is 5.75 Å². The van der Waals surface area contributed by atoms with Crippen LogP contribution in [0.4, 0.5) is 10.1 Å². The van der Waals surface area contributed by atoms with E-state index in [4.69, 9.17) is 28.6 Å². The maximum absolute atomic E-state index is 13.4. The van der Waals surface area contributed by atoms with Gasteiger partial charge in [0.15, 0.2) is 4.32 Å². The first-order chi connectivity index (χ1) is 12.9. The molecule has 2 aromatic carbocycles. The van der Waals surface area contributed by atoms with Crippen LogP contribution in [0.2, 0.25) is 5.02 Å². The number of carbonyl (C=O) groups is 1. The summed E-state index contributed by atoms with van der Waals surface area (Å²) in [5, 5.41) is -0.0622. The van der Waals surface area contributed by atoms with E-state index in [1.807, 2.05) is 25.1 Å². The summed E-state index contributed by atoms with van der Waals surface area (Å²) in [6.45, 7) is 2.61. The van der Waals surface area contributed by atoms with E-state index in [0.717, 1.165) is 16.5 Å². The van der Waals surface area contributed by atoms with E-state index in [1.165, 1.54) is 34.9 Å². The molecule has 8 heteroatoms. The van der Waals surface area contributed by atoms with Crippen molar-refractivity contribution in [2.24, 2.45) is 0 Å². The van der Waals surface area contributed by atoms with Crippen LogP contribution >= 0.6 is 51.5 Å². The molecular formula is C19H14BrClFNO2S2. The first-order valence-electron chi connectivity index (χ1n) is 8.06. The summed E-state index contributed by atoms with van der Waals surface area (Å²) < 4.78 is 20.4. The predicted octanol–water partition coefficient (Wildman–Crippen LogP) is 6.44. The number of benzene rings is 2. The summed E-state index contributed by atoms with van der Waals surface area (Å²) in [6.07, 6.45) is 2.63. The number of ether oxygens (including phenoxy) is 1. The molecule has 2 aromatic rings. The molecule has 0 bridgehead atoms. The summed E-state index contributed by atoms with van der Waals surface area (Å²) in [6, 6.07) is 9.70. The molecule has 140 valence electrons. The smallest absolute Gasteiger partial charge is 0.270 e. The summed E-state index contributed by atoms with van der Waals surface area (Å²) in [4.78, 5) is 14.7. The molecule has 1 amide bonds. The molecule has 0 radical (unpaired) electrons. The summed E-state index contributed by atoms with van der Waals surface area (Å²) in [5.74, 6) is -0.141. The predicted molar refractivity (Wildman–Crippen MR) is 117 cm³/mol. The summed E-state index contributed by atoms with van der Waals surface area (Å²) in [7, 11) is 0. The lowest BCUT2D eigenvalue weighted by atomic mass is 10.2. The Morgan fingerprint density at radius 3 is 2.81 bits per heavy atom. The Morgan fingerprint density at radius 2 is 2.11 bits per heavy atom. The number of hydrogen-bond donors (Lipinski definition) is 0. The summed E-state index contributed by atoms with van der Waals surface area (Å²) in [5.41, 5.74) is 1.21. The van der Waals surface area contributed by atoms with Gasteiger partial charge in [-0.25, -0.2) is 4.39 Å². The van der Waals surface area contributed by atoms with E-state index >= 15 is 0 Å². The number of nitrogens with zero attached hydrogens (tertiary/aromatic N) is 1. The van der Waals surface area contributed by atoms with Crippen LogP contribution in [-0.4, -0.2) is 16.8 Å². The minimum absolute atomic E-state index is 0.0622. The Morgan fingerprint density at radius 1 is 1.33 bits per heavy atom. The highest BCUT2D eigenvalue weighted by molar-refractivity contribution is 9.10. The SMILES string of the molecule is CCCOc1ccc(Br)cc1/C=C1/SC(=S)N(c2ccc(F)c(Cl)c2)C1=O. The molecule has 1 aliphatic heterocycles. The van der Waals surface area contributed by atoms with Crippen LogP contribution in [0.15, 0.2) is 45.8 Å². The Labute approximate surface area is 179 Å². The van der Waals surface area contributed by atoms with Gasteiger partial charge in [-0.2, -0.15) is 0 Å². The number of thiocarbonyl (C=S) groups is 1. The van der Waals surface area contributed by atoms with Crippen molar-refractivity contribution in [3.05, 3.63) is 62.2 Å². The monoisotopic (exact) mass is 485 g/mol. The molecule has 27 heavy (non-hydrogen) atoms. The highest BCUT2D eigenvalue weighted by atomic mass is 79.9. The van der Waals surface area contributed by atoms with Gasteiger partial charge in [0, 0.05) is 10.0 Å². The molecule has 3 nitrogen and oxygen atoms in total. The third-order valence-corrected chi connectivity index (χ3v) is 5.76. The third-order valence-electron chi connectivity index (χ3n) is 3.68. The van der Waals surface area contributed by atoms with Gasteiger partial charge in [-0.3, -0.25) is 9.69 Å². The second-order valence-electron chi connectivity index (χ2n) is 5.65. The van der Waals surface area contributed by atoms with E-state index in [-0.39, 0.29) is 10.9 Å². The lowest BCUT2D eigenvalue weighted by Crippen LogP contribution is -2.27. The fourth-order valence-electron chi connectivity index (χ4n) is 2.43. The number of hydrogen-bond acceptors (Lipinski definition) is 4. The first-order valence-corrected chi connectivity index (χ1v) is 10.5. The van der Waals surface area contributed by atoms with Crippen molar-refractivity contribution >= 4 is 73.5 Å². The molecule has 1 aliphatic rings. The maximum atomic E-state index is 13.4. The second kappa shape index (κ2) is 8.73. The molecule has 0 N–H and O–H groups in total. The molecule has 0 aliphatic carbocycles. The summed E-state index contributed by atoms with van der Waals surface area (Å²) >= 11 is 15.8. The van der Waals surface area contributed by atoms with Crippen LogP contribution in [0.25, 0.3) is 6.08 Å². The number of thioether (sulfide) groups is 1. The van der Waals surface area contributed by atoms with E-state index in [1.54, 1.807) is 6.08 Å². The molecule has 0 unspecified atom stereocenters. The molecule has 3 rings (SSSR count). The van der Waals surface area contributed by atoms with Gasteiger partial charge in [-0.15, -0.1) is 0 Å². The molecule has 1 saturated heterocycles. The van der Waals surface area contributed by atoms with Crippen molar-refractivity contribution in [2.75, 3.05) is 11.5 Å². The van der Waals surface area contributed by atoms with Crippen molar-refractivity contribution < 1.29 is 13.9 Å². The van der Waals surface area contributed by atoms with E-state index in [2.05, 4.69) is 15.9 Å². The van der Waals surface area contributed by atoms with Crippen LogP contribution in [-0.2, 0) is 4.79 Å². The van der Waals surface area contributed by atoms with Crippen LogP contribution < -0.4 is 9.64 Å². The van der Waals surface area contributed by atoms with Gasteiger partial charge < -0.3 is 4.74 Å². The second-order valence-corrected chi connectivity index (χ2v) is 8.64. The molecule has 0 atom stereocenters. The molecule has 0 aromatic heterocycles. The number of halogens is 3. The fraction of sp³-hybridized carbons (Fsp3) is 0.158. The van der Waals surface area contributed by atoms with Crippen molar-refractivity contribution in [1.29, 1.82) is 0 Å². The number of amides is 1. The Hall–Kier alpha value is -1.41. The minimum Gasteiger partial charge on any atom is -0.493 e. The van der Waals surface area contributed by atoms with Gasteiger partial charge in [0.2, 0.25) is 0 Å².